The standard InChI is InChI=1S/C22H28N4/c1-2-26(18-20-9-5-3-6-10-20)21-14-12-19(13-15-21)17-24-25-22-11-7-4-8-16-23-22/h3,5-6,9-10,12-15,17H,2,4,7-8,11,16,18H2,1H3,(H,23,25)/p+1/b24-17+. The molecule has 2 aromatic rings. The lowest BCUT2D eigenvalue weighted by Gasteiger charge is -2.23. The highest BCUT2D eigenvalue weighted by molar-refractivity contribution is 5.83. The normalized spacial score (nSPS) is 14.7. The Labute approximate surface area is 156 Å². The fraction of sp³-hybridized carbons (Fsp3) is 0.364. The summed E-state index contributed by atoms with van der Waals surface area (Å²) >= 11 is 0. The van der Waals surface area contributed by atoms with E-state index in [0.717, 1.165) is 37.5 Å². The van der Waals surface area contributed by atoms with Gasteiger partial charge in [-0.05, 0) is 49.4 Å². The molecule has 0 atom stereocenters. The minimum Gasteiger partial charge on any atom is -0.367 e. The van der Waals surface area contributed by atoms with Crippen molar-refractivity contribution in [2.45, 2.75) is 39.2 Å². The highest BCUT2D eigenvalue weighted by atomic mass is 15.3. The van der Waals surface area contributed by atoms with Crippen molar-refractivity contribution >= 4 is 17.7 Å². The number of amidine groups is 1. The maximum Gasteiger partial charge on any atom is 0.267 e. The van der Waals surface area contributed by atoms with Gasteiger partial charge in [-0.15, -0.1) is 0 Å². The van der Waals surface area contributed by atoms with Crippen LogP contribution in [0, 0.1) is 0 Å². The van der Waals surface area contributed by atoms with Crippen LogP contribution in [0.15, 0.2) is 59.7 Å². The topological polar surface area (TPSA) is 41.6 Å². The second-order valence-corrected chi connectivity index (χ2v) is 6.68. The van der Waals surface area contributed by atoms with Gasteiger partial charge >= 0.3 is 0 Å². The molecule has 0 radical (unpaired) electrons. The Hall–Kier alpha value is -2.62. The van der Waals surface area contributed by atoms with E-state index < -0.39 is 0 Å². The van der Waals surface area contributed by atoms with Crippen molar-refractivity contribution in [3.05, 3.63) is 65.7 Å². The fourth-order valence-corrected chi connectivity index (χ4v) is 3.17. The Balaban J connectivity index is 1.58. The highest BCUT2D eigenvalue weighted by Gasteiger charge is 2.08. The minimum atomic E-state index is 0.927. The molecule has 0 amide bonds. The number of hydrazone groups is 1. The van der Waals surface area contributed by atoms with E-state index in [0.29, 0.717) is 0 Å². The fourth-order valence-electron chi connectivity index (χ4n) is 3.17. The predicted molar refractivity (Wildman–Crippen MR) is 110 cm³/mol. The molecule has 4 heteroatoms. The molecule has 4 nitrogen and oxygen atoms in total. The van der Waals surface area contributed by atoms with Crippen molar-refractivity contribution < 1.29 is 4.99 Å². The summed E-state index contributed by atoms with van der Waals surface area (Å²) in [6.45, 7) is 5.14. The van der Waals surface area contributed by atoms with Gasteiger partial charge in [-0.25, -0.2) is 0 Å². The summed E-state index contributed by atoms with van der Waals surface area (Å²) in [6.07, 6.45) is 6.71. The SMILES string of the molecule is CCN(Cc1ccccc1)c1ccc(/C=N/NC2=[NH+]CCCCC2)cc1. The summed E-state index contributed by atoms with van der Waals surface area (Å²) in [5.41, 5.74) is 6.83. The van der Waals surface area contributed by atoms with Gasteiger partial charge in [0.05, 0.1) is 19.2 Å². The van der Waals surface area contributed by atoms with E-state index >= 15 is 0 Å². The summed E-state index contributed by atoms with van der Waals surface area (Å²) < 4.78 is 0. The summed E-state index contributed by atoms with van der Waals surface area (Å²) in [7, 11) is 0. The van der Waals surface area contributed by atoms with Gasteiger partial charge in [0.25, 0.3) is 5.84 Å². The summed E-state index contributed by atoms with van der Waals surface area (Å²) in [5, 5.41) is 4.38. The van der Waals surface area contributed by atoms with Crippen molar-refractivity contribution in [2.24, 2.45) is 5.10 Å². The van der Waals surface area contributed by atoms with Crippen LogP contribution < -0.4 is 15.3 Å². The smallest absolute Gasteiger partial charge is 0.267 e. The van der Waals surface area contributed by atoms with Crippen molar-refractivity contribution in [3.8, 4) is 0 Å². The van der Waals surface area contributed by atoms with Gasteiger partial charge in [0.15, 0.2) is 0 Å². The van der Waals surface area contributed by atoms with Gasteiger partial charge in [-0.1, -0.05) is 47.6 Å². The summed E-state index contributed by atoms with van der Waals surface area (Å²) in [4.78, 5) is 5.78. The second-order valence-electron chi connectivity index (χ2n) is 6.68. The van der Waals surface area contributed by atoms with E-state index in [9.17, 15) is 0 Å². The highest BCUT2D eigenvalue weighted by Crippen LogP contribution is 2.17. The molecule has 2 aromatic carbocycles. The molecule has 0 bridgehead atoms. The Morgan fingerprint density at radius 3 is 2.62 bits per heavy atom. The summed E-state index contributed by atoms with van der Waals surface area (Å²) in [5.74, 6) is 1.13. The minimum absolute atomic E-state index is 0.927. The molecule has 1 aliphatic heterocycles. The number of nitrogens with zero attached hydrogens (tertiary/aromatic N) is 2. The van der Waals surface area contributed by atoms with E-state index in [1.54, 1.807) is 0 Å². The first-order valence-corrected chi connectivity index (χ1v) is 9.63. The summed E-state index contributed by atoms with van der Waals surface area (Å²) in [6, 6.07) is 19.2. The molecule has 1 heterocycles. The molecule has 2 N–H and O–H groups in total. The zero-order valence-electron chi connectivity index (χ0n) is 15.6. The first-order valence-electron chi connectivity index (χ1n) is 9.63. The molecular formula is C22H29N4+. The van der Waals surface area contributed by atoms with E-state index in [1.807, 2.05) is 6.21 Å². The van der Waals surface area contributed by atoms with Gasteiger partial charge in [0.2, 0.25) is 0 Å². The van der Waals surface area contributed by atoms with Crippen LogP contribution >= 0.6 is 0 Å². The molecule has 0 aromatic heterocycles. The molecule has 136 valence electrons. The van der Waals surface area contributed by atoms with Crippen LogP contribution in [0.2, 0.25) is 0 Å². The lowest BCUT2D eigenvalue weighted by molar-refractivity contribution is -0.459. The van der Waals surface area contributed by atoms with Crippen LogP contribution in [0.3, 0.4) is 0 Å². The van der Waals surface area contributed by atoms with Crippen LogP contribution in [0.1, 0.15) is 43.7 Å². The number of benzene rings is 2. The largest absolute Gasteiger partial charge is 0.367 e. The van der Waals surface area contributed by atoms with Crippen LogP contribution in [0.5, 0.6) is 0 Å². The predicted octanol–water partition coefficient (Wildman–Crippen LogP) is 2.69. The Bertz CT molecular complexity index is 720. The second kappa shape index (κ2) is 9.76. The third kappa shape index (κ3) is 5.45. The molecule has 26 heavy (non-hydrogen) atoms. The third-order valence-electron chi connectivity index (χ3n) is 4.71. The number of hydrogen-bond donors (Lipinski definition) is 2. The average Bonchev–Trinajstić information content (AvgIpc) is 2.96. The maximum atomic E-state index is 4.38. The van der Waals surface area contributed by atoms with Gasteiger partial charge in [0, 0.05) is 18.8 Å². The zero-order valence-corrected chi connectivity index (χ0v) is 15.6. The van der Waals surface area contributed by atoms with E-state index in [4.69, 9.17) is 0 Å². The third-order valence-corrected chi connectivity index (χ3v) is 4.71. The molecule has 0 fully saturated rings. The molecule has 3 rings (SSSR count). The van der Waals surface area contributed by atoms with E-state index in [-0.39, 0.29) is 0 Å². The number of rotatable bonds is 6. The Morgan fingerprint density at radius 1 is 1.04 bits per heavy atom. The van der Waals surface area contributed by atoms with E-state index in [1.165, 1.54) is 30.5 Å². The van der Waals surface area contributed by atoms with Crippen LogP contribution in [-0.2, 0) is 6.54 Å². The molecule has 0 aliphatic carbocycles. The first-order chi connectivity index (χ1) is 12.8. The van der Waals surface area contributed by atoms with Crippen LogP contribution in [0.25, 0.3) is 0 Å². The molecule has 1 aliphatic rings. The number of nitrogens with one attached hydrogen (secondary N) is 2. The monoisotopic (exact) mass is 349 g/mol. The van der Waals surface area contributed by atoms with Crippen molar-refractivity contribution in [1.82, 2.24) is 5.43 Å². The Kier molecular flexibility index (Phi) is 6.82. The van der Waals surface area contributed by atoms with Gasteiger partial charge < -0.3 is 4.90 Å². The molecular weight excluding hydrogens is 320 g/mol. The molecule has 0 saturated carbocycles. The maximum absolute atomic E-state index is 4.38. The van der Waals surface area contributed by atoms with Crippen molar-refractivity contribution in [1.29, 1.82) is 0 Å². The van der Waals surface area contributed by atoms with Crippen molar-refractivity contribution in [2.75, 3.05) is 18.0 Å². The Morgan fingerprint density at radius 2 is 1.85 bits per heavy atom. The van der Waals surface area contributed by atoms with E-state index in [2.05, 4.69) is 81.9 Å². The number of anilines is 1. The van der Waals surface area contributed by atoms with Gasteiger partial charge in [-0.2, -0.15) is 5.43 Å². The molecule has 0 saturated heterocycles. The van der Waals surface area contributed by atoms with Gasteiger partial charge in [0.1, 0.15) is 0 Å². The van der Waals surface area contributed by atoms with Crippen LogP contribution in [0.4, 0.5) is 5.69 Å². The number of hydrogen-bond acceptors (Lipinski definition) is 3. The average molecular weight is 350 g/mol. The first kappa shape index (κ1) is 18.2. The lowest BCUT2D eigenvalue weighted by atomic mass is 10.1. The molecule has 0 spiro atoms. The zero-order chi connectivity index (χ0) is 18.0. The van der Waals surface area contributed by atoms with Gasteiger partial charge in [-0.3, -0.25) is 4.99 Å². The van der Waals surface area contributed by atoms with Crippen molar-refractivity contribution in [3.63, 3.8) is 0 Å². The quantitative estimate of drug-likeness (QED) is 0.622. The lowest BCUT2D eigenvalue weighted by Crippen LogP contribution is -2.75. The van der Waals surface area contributed by atoms with Crippen LogP contribution in [-0.4, -0.2) is 25.1 Å². The molecule has 0 unspecified atom stereocenters.